The minimum atomic E-state index is -1.05. The minimum Gasteiger partial charge on any atom is -0.477 e. The summed E-state index contributed by atoms with van der Waals surface area (Å²) in [5.74, 6) is -1.32. The van der Waals surface area contributed by atoms with Gasteiger partial charge in [-0.25, -0.2) is 4.79 Å². The van der Waals surface area contributed by atoms with Crippen LogP contribution in [-0.2, 0) is 11.3 Å². The molecule has 104 valence electrons. The number of aromatic carboxylic acids is 1. The van der Waals surface area contributed by atoms with Gasteiger partial charge >= 0.3 is 5.97 Å². The van der Waals surface area contributed by atoms with Gasteiger partial charge in [-0.05, 0) is 42.8 Å². The van der Waals surface area contributed by atoms with Crippen molar-refractivity contribution in [1.29, 1.82) is 0 Å². The molecule has 2 rings (SSSR count). The Morgan fingerprint density at radius 2 is 2.10 bits per heavy atom. The number of rotatable bonds is 4. The summed E-state index contributed by atoms with van der Waals surface area (Å²) in [6.45, 7) is 1.85. The van der Waals surface area contributed by atoms with Crippen LogP contribution in [0.4, 0.5) is 5.69 Å². The third kappa shape index (κ3) is 3.27. The maximum absolute atomic E-state index is 12.0. The lowest BCUT2D eigenvalue weighted by molar-refractivity contribution is -0.116. The highest BCUT2D eigenvalue weighted by Gasteiger charge is 2.12. The fourth-order valence-corrected chi connectivity index (χ4v) is 2.33. The van der Waals surface area contributed by atoms with Crippen LogP contribution in [0.15, 0.2) is 41.0 Å². The van der Waals surface area contributed by atoms with Gasteiger partial charge < -0.3 is 15.0 Å². The molecule has 2 N–H and O–H groups in total. The van der Waals surface area contributed by atoms with E-state index in [9.17, 15) is 9.59 Å². The lowest BCUT2D eigenvalue weighted by atomic mass is 10.2. The van der Waals surface area contributed by atoms with E-state index in [1.807, 2.05) is 19.1 Å². The second-order valence-electron chi connectivity index (χ2n) is 4.33. The summed E-state index contributed by atoms with van der Waals surface area (Å²) in [6, 6.07) is 8.59. The van der Waals surface area contributed by atoms with Crippen LogP contribution in [0.5, 0.6) is 0 Å². The molecule has 0 aliphatic heterocycles. The summed E-state index contributed by atoms with van der Waals surface area (Å²) in [6.07, 6.45) is 1.57. The first-order valence-corrected chi connectivity index (χ1v) is 6.71. The molecule has 0 radical (unpaired) electrons. The molecule has 0 fully saturated rings. The quantitative estimate of drug-likeness (QED) is 0.901. The van der Waals surface area contributed by atoms with Crippen molar-refractivity contribution >= 4 is 33.5 Å². The first-order chi connectivity index (χ1) is 9.47. The highest BCUT2D eigenvalue weighted by Crippen LogP contribution is 2.20. The van der Waals surface area contributed by atoms with Gasteiger partial charge in [0.05, 0.1) is 0 Å². The zero-order chi connectivity index (χ0) is 14.7. The molecule has 5 nitrogen and oxygen atoms in total. The van der Waals surface area contributed by atoms with Gasteiger partial charge in [-0.2, -0.15) is 0 Å². The molecule has 0 atom stereocenters. The van der Waals surface area contributed by atoms with Crippen molar-refractivity contribution in [2.45, 2.75) is 13.5 Å². The number of aryl methyl sites for hydroxylation is 1. The Balaban J connectivity index is 2.09. The second kappa shape index (κ2) is 5.92. The molecule has 0 aliphatic rings. The average molecular weight is 337 g/mol. The number of carbonyl (C=O) groups is 2. The number of aromatic nitrogens is 1. The molecular weight excluding hydrogens is 324 g/mol. The Hall–Kier alpha value is -2.08. The van der Waals surface area contributed by atoms with E-state index in [0.29, 0.717) is 5.69 Å². The number of nitrogens with zero attached hydrogens (tertiary/aromatic N) is 1. The average Bonchev–Trinajstić information content (AvgIpc) is 2.81. The Labute approximate surface area is 124 Å². The number of halogens is 1. The molecule has 0 saturated carbocycles. The molecule has 1 amide bonds. The topological polar surface area (TPSA) is 71.3 Å². The third-order valence-electron chi connectivity index (χ3n) is 2.83. The van der Waals surface area contributed by atoms with E-state index in [-0.39, 0.29) is 18.1 Å². The fraction of sp³-hybridized carbons (Fsp3) is 0.143. The number of hydrogen-bond donors (Lipinski definition) is 2. The number of carbonyl (C=O) groups excluding carboxylic acids is 1. The van der Waals surface area contributed by atoms with Crippen molar-refractivity contribution in [3.8, 4) is 0 Å². The SMILES string of the molecule is Cc1cc(Br)ccc1NC(=O)Cn1cccc1C(=O)O. The number of carboxylic acids is 1. The van der Waals surface area contributed by atoms with E-state index >= 15 is 0 Å². The number of hydrogen-bond acceptors (Lipinski definition) is 2. The van der Waals surface area contributed by atoms with E-state index in [0.717, 1.165) is 10.0 Å². The highest BCUT2D eigenvalue weighted by molar-refractivity contribution is 9.10. The van der Waals surface area contributed by atoms with Gasteiger partial charge in [0.15, 0.2) is 0 Å². The first kappa shape index (κ1) is 14.3. The van der Waals surface area contributed by atoms with E-state index in [2.05, 4.69) is 21.2 Å². The number of amides is 1. The van der Waals surface area contributed by atoms with Gasteiger partial charge in [-0.3, -0.25) is 4.79 Å². The summed E-state index contributed by atoms with van der Waals surface area (Å²) < 4.78 is 2.33. The molecule has 0 spiro atoms. The Morgan fingerprint density at radius 3 is 2.75 bits per heavy atom. The first-order valence-electron chi connectivity index (χ1n) is 5.92. The highest BCUT2D eigenvalue weighted by atomic mass is 79.9. The number of nitrogens with one attached hydrogen (secondary N) is 1. The van der Waals surface area contributed by atoms with Crippen LogP contribution in [0, 0.1) is 6.92 Å². The smallest absolute Gasteiger partial charge is 0.352 e. The number of benzene rings is 1. The predicted octanol–water partition coefficient (Wildman–Crippen LogP) is 2.90. The van der Waals surface area contributed by atoms with Crippen LogP contribution < -0.4 is 5.32 Å². The molecule has 1 heterocycles. The Bertz CT molecular complexity index is 664. The van der Waals surface area contributed by atoms with Gasteiger partial charge in [0.1, 0.15) is 12.2 Å². The molecule has 6 heteroatoms. The van der Waals surface area contributed by atoms with Crippen LogP contribution >= 0.6 is 15.9 Å². The molecular formula is C14H13BrN2O3. The largest absolute Gasteiger partial charge is 0.477 e. The van der Waals surface area contributed by atoms with Crippen molar-refractivity contribution in [2.24, 2.45) is 0 Å². The molecule has 0 saturated heterocycles. The van der Waals surface area contributed by atoms with Crippen molar-refractivity contribution < 1.29 is 14.7 Å². The molecule has 2 aromatic rings. The van der Waals surface area contributed by atoms with Crippen LogP contribution in [0.3, 0.4) is 0 Å². The molecule has 1 aromatic heterocycles. The predicted molar refractivity (Wildman–Crippen MR) is 78.9 cm³/mol. The summed E-state index contributed by atoms with van der Waals surface area (Å²) in [7, 11) is 0. The second-order valence-corrected chi connectivity index (χ2v) is 5.25. The number of anilines is 1. The normalized spacial score (nSPS) is 10.3. The van der Waals surface area contributed by atoms with Crippen molar-refractivity contribution in [1.82, 2.24) is 4.57 Å². The fourth-order valence-electron chi connectivity index (χ4n) is 1.86. The van der Waals surface area contributed by atoms with E-state index in [1.165, 1.54) is 10.6 Å². The van der Waals surface area contributed by atoms with Crippen LogP contribution in [0.1, 0.15) is 16.1 Å². The lowest BCUT2D eigenvalue weighted by Gasteiger charge is -2.10. The van der Waals surface area contributed by atoms with Crippen molar-refractivity contribution in [2.75, 3.05) is 5.32 Å². The van der Waals surface area contributed by atoms with Gasteiger partial charge in [0, 0.05) is 16.4 Å². The Morgan fingerprint density at radius 1 is 1.35 bits per heavy atom. The van der Waals surface area contributed by atoms with Crippen LogP contribution in [0.25, 0.3) is 0 Å². The summed E-state index contributed by atoms with van der Waals surface area (Å²) >= 11 is 3.35. The standard InChI is InChI=1S/C14H13BrN2O3/c1-9-7-10(15)4-5-11(9)16-13(18)8-17-6-2-3-12(17)14(19)20/h2-7H,8H2,1H3,(H,16,18)(H,19,20). The van der Waals surface area contributed by atoms with Crippen LogP contribution in [-0.4, -0.2) is 21.6 Å². The van der Waals surface area contributed by atoms with Gasteiger partial charge in [0.2, 0.25) is 5.91 Å². The summed E-state index contributed by atoms with van der Waals surface area (Å²) in [5, 5.41) is 11.7. The maximum atomic E-state index is 12.0. The molecule has 0 unspecified atom stereocenters. The third-order valence-corrected chi connectivity index (χ3v) is 3.32. The number of carboxylic acid groups (broad SMARTS) is 1. The van der Waals surface area contributed by atoms with Gasteiger partial charge in [-0.15, -0.1) is 0 Å². The maximum Gasteiger partial charge on any atom is 0.352 e. The molecule has 0 bridgehead atoms. The monoisotopic (exact) mass is 336 g/mol. The van der Waals surface area contributed by atoms with Crippen molar-refractivity contribution in [3.05, 3.63) is 52.3 Å². The van der Waals surface area contributed by atoms with Gasteiger partial charge in [-0.1, -0.05) is 15.9 Å². The van der Waals surface area contributed by atoms with E-state index in [4.69, 9.17) is 5.11 Å². The van der Waals surface area contributed by atoms with Crippen molar-refractivity contribution in [3.63, 3.8) is 0 Å². The van der Waals surface area contributed by atoms with E-state index < -0.39 is 5.97 Å². The zero-order valence-electron chi connectivity index (χ0n) is 10.8. The molecule has 20 heavy (non-hydrogen) atoms. The molecule has 1 aromatic carbocycles. The zero-order valence-corrected chi connectivity index (χ0v) is 12.3. The summed E-state index contributed by atoms with van der Waals surface area (Å²) in [5.41, 5.74) is 1.73. The minimum absolute atomic E-state index is 0.0376. The lowest BCUT2D eigenvalue weighted by Crippen LogP contribution is -2.21. The van der Waals surface area contributed by atoms with Crippen LogP contribution in [0.2, 0.25) is 0 Å². The Kier molecular flexibility index (Phi) is 4.24. The summed E-state index contributed by atoms with van der Waals surface area (Å²) in [4.78, 5) is 22.9. The van der Waals surface area contributed by atoms with Gasteiger partial charge in [0.25, 0.3) is 0 Å². The molecule has 0 aliphatic carbocycles. The van der Waals surface area contributed by atoms with E-state index in [1.54, 1.807) is 18.3 Å².